The molecular weight excluding hydrogens is 411 g/mol. The molecule has 0 radical (unpaired) electrons. The maximum atomic E-state index is 4.38. The van der Waals surface area contributed by atoms with Crippen LogP contribution < -0.4 is 10.6 Å². The van der Waals surface area contributed by atoms with Gasteiger partial charge in [0.05, 0.1) is 0 Å². The highest BCUT2D eigenvalue weighted by Gasteiger charge is 2.22. The Labute approximate surface area is 164 Å². The van der Waals surface area contributed by atoms with Crippen LogP contribution in [0.25, 0.3) is 0 Å². The molecule has 0 aliphatic carbocycles. The second kappa shape index (κ2) is 11.7. The van der Waals surface area contributed by atoms with Crippen LogP contribution in [0.5, 0.6) is 0 Å². The van der Waals surface area contributed by atoms with Crippen molar-refractivity contribution < 1.29 is 0 Å². The van der Waals surface area contributed by atoms with E-state index in [0.29, 0.717) is 12.0 Å². The Balaban J connectivity index is 0.00000288. The van der Waals surface area contributed by atoms with Crippen LogP contribution in [0.4, 0.5) is 0 Å². The van der Waals surface area contributed by atoms with Crippen LogP contribution in [0.2, 0.25) is 0 Å². The standard InChI is InChI=1S/C19H32N4.HI/c1-4-16(17-10-7-6-8-11-17)14-21-19(20-3)22-15-18-12-9-13-23(18)5-2;/h6-8,10-11,16,18H,4-5,9,12-15H2,1-3H3,(H2,20,21,22);1H. The lowest BCUT2D eigenvalue weighted by atomic mass is 9.97. The van der Waals surface area contributed by atoms with Crippen molar-refractivity contribution in [2.45, 2.75) is 45.1 Å². The molecule has 4 nitrogen and oxygen atoms in total. The summed E-state index contributed by atoms with van der Waals surface area (Å²) in [5.41, 5.74) is 1.39. The van der Waals surface area contributed by atoms with Crippen LogP contribution >= 0.6 is 24.0 Å². The molecule has 5 heteroatoms. The van der Waals surface area contributed by atoms with Gasteiger partial charge < -0.3 is 10.6 Å². The third-order valence-electron chi connectivity index (χ3n) is 4.91. The van der Waals surface area contributed by atoms with Gasteiger partial charge in [0.15, 0.2) is 5.96 Å². The normalized spacial score (nSPS) is 19.6. The van der Waals surface area contributed by atoms with Gasteiger partial charge in [0.2, 0.25) is 0 Å². The van der Waals surface area contributed by atoms with Crippen molar-refractivity contribution in [1.82, 2.24) is 15.5 Å². The summed E-state index contributed by atoms with van der Waals surface area (Å²) in [7, 11) is 1.85. The highest BCUT2D eigenvalue weighted by atomic mass is 127. The van der Waals surface area contributed by atoms with Crippen molar-refractivity contribution >= 4 is 29.9 Å². The Morgan fingerprint density at radius 2 is 2.00 bits per heavy atom. The summed E-state index contributed by atoms with van der Waals surface area (Å²) in [4.78, 5) is 6.93. The Bertz CT molecular complexity index is 478. The average Bonchev–Trinajstić information content (AvgIpc) is 3.06. The molecule has 2 rings (SSSR count). The molecule has 0 saturated carbocycles. The summed E-state index contributed by atoms with van der Waals surface area (Å²) in [6.07, 6.45) is 3.73. The molecule has 2 unspecified atom stereocenters. The second-order valence-corrected chi connectivity index (χ2v) is 6.27. The fourth-order valence-electron chi connectivity index (χ4n) is 3.42. The van der Waals surface area contributed by atoms with E-state index in [2.05, 4.69) is 64.7 Å². The molecule has 2 N–H and O–H groups in total. The molecule has 0 spiro atoms. The monoisotopic (exact) mass is 444 g/mol. The zero-order valence-corrected chi connectivity index (χ0v) is 17.6. The van der Waals surface area contributed by atoms with Crippen molar-refractivity contribution in [3.8, 4) is 0 Å². The number of likely N-dealkylation sites (tertiary alicyclic amines) is 1. The number of benzene rings is 1. The van der Waals surface area contributed by atoms with Gasteiger partial charge in [0, 0.05) is 32.1 Å². The number of halogens is 1. The fourth-order valence-corrected chi connectivity index (χ4v) is 3.42. The van der Waals surface area contributed by atoms with E-state index < -0.39 is 0 Å². The molecule has 1 heterocycles. The minimum Gasteiger partial charge on any atom is -0.356 e. The third kappa shape index (κ3) is 6.24. The summed E-state index contributed by atoms with van der Waals surface area (Å²) in [5.74, 6) is 1.44. The van der Waals surface area contributed by atoms with Crippen LogP contribution in [0, 0.1) is 0 Å². The minimum atomic E-state index is 0. The van der Waals surface area contributed by atoms with Crippen molar-refractivity contribution in [2.75, 3.05) is 33.2 Å². The van der Waals surface area contributed by atoms with Gasteiger partial charge in [-0.1, -0.05) is 44.2 Å². The van der Waals surface area contributed by atoms with Crippen LogP contribution in [0.15, 0.2) is 35.3 Å². The number of hydrogen-bond acceptors (Lipinski definition) is 2. The van der Waals surface area contributed by atoms with Gasteiger partial charge in [-0.25, -0.2) is 0 Å². The molecule has 0 aromatic heterocycles. The second-order valence-electron chi connectivity index (χ2n) is 6.27. The van der Waals surface area contributed by atoms with Crippen LogP contribution in [0.1, 0.15) is 44.6 Å². The zero-order valence-electron chi connectivity index (χ0n) is 15.3. The van der Waals surface area contributed by atoms with Gasteiger partial charge in [-0.3, -0.25) is 9.89 Å². The summed E-state index contributed by atoms with van der Waals surface area (Å²) >= 11 is 0. The highest BCUT2D eigenvalue weighted by molar-refractivity contribution is 14.0. The van der Waals surface area contributed by atoms with Gasteiger partial charge in [0.25, 0.3) is 0 Å². The number of aliphatic imine (C=N–C) groups is 1. The van der Waals surface area contributed by atoms with Crippen molar-refractivity contribution in [3.05, 3.63) is 35.9 Å². The van der Waals surface area contributed by atoms with Gasteiger partial charge in [-0.2, -0.15) is 0 Å². The smallest absolute Gasteiger partial charge is 0.191 e. The lowest BCUT2D eigenvalue weighted by molar-refractivity contribution is 0.267. The Hall–Kier alpha value is -0.820. The van der Waals surface area contributed by atoms with Crippen molar-refractivity contribution in [2.24, 2.45) is 4.99 Å². The molecule has 0 amide bonds. The molecular formula is C19H33IN4. The van der Waals surface area contributed by atoms with E-state index in [1.807, 2.05) is 7.05 Å². The lowest BCUT2D eigenvalue weighted by Gasteiger charge is -2.24. The summed E-state index contributed by atoms with van der Waals surface area (Å²) < 4.78 is 0. The van der Waals surface area contributed by atoms with Crippen LogP contribution in [-0.4, -0.2) is 50.1 Å². The minimum absolute atomic E-state index is 0. The maximum Gasteiger partial charge on any atom is 0.191 e. The van der Waals surface area contributed by atoms with E-state index >= 15 is 0 Å². The first-order valence-electron chi connectivity index (χ1n) is 9.02. The highest BCUT2D eigenvalue weighted by Crippen LogP contribution is 2.18. The molecule has 1 aromatic carbocycles. The first kappa shape index (κ1) is 21.2. The van der Waals surface area contributed by atoms with Gasteiger partial charge in [-0.15, -0.1) is 24.0 Å². The number of rotatable bonds is 7. The fraction of sp³-hybridized carbons (Fsp3) is 0.632. The van der Waals surface area contributed by atoms with Gasteiger partial charge in [0.1, 0.15) is 0 Å². The number of likely N-dealkylation sites (N-methyl/N-ethyl adjacent to an activating group) is 1. The third-order valence-corrected chi connectivity index (χ3v) is 4.91. The average molecular weight is 444 g/mol. The largest absolute Gasteiger partial charge is 0.356 e. The summed E-state index contributed by atoms with van der Waals surface area (Å²) in [6.45, 7) is 8.77. The molecule has 24 heavy (non-hydrogen) atoms. The topological polar surface area (TPSA) is 39.7 Å². The number of nitrogens with zero attached hydrogens (tertiary/aromatic N) is 2. The number of nitrogens with one attached hydrogen (secondary N) is 2. The number of guanidine groups is 1. The van der Waals surface area contributed by atoms with E-state index in [-0.39, 0.29) is 24.0 Å². The lowest BCUT2D eigenvalue weighted by Crippen LogP contribution is -2.45. The van der Waals surface area contributed by atoms with Crippen molar-refractivity contribution in [3.63, 3.8) is 0 Å². The molecule has 2 atom stereocenters. The first-order valence-corrected chi connectivity index (χ1v) is 9.02. The summed E-state index contributed by atoms with van der Waals surface area (Å²) in [5, 5.41) is 7.00. The van der Waals surface area contributed by atoms with E-state index in [1.54, 1.807) is 0 Å². The molecule has 136 valence electrons. The molecule has 1 saturated heterocycles. The van der Waals surface area contributed by atoms with Crippen LogP contribution in [0.3, 0.4) is 0 Å². The Morgan fingerprint density at radius 3 is 2.62 bits per heavy atom. The van der Waals surface area contributed by atoms with Gasteiger partial charge in [-0.05, 0) is 37.9 Å². The molecule has 0 bridgehead atoms. The van der Waals surface area contributed by atoms with E-state index in [1.165, 1.54) is 24.9 Å². The zero-order chi connectivity index (χ0) is 16.5. The Kier molecular flexibility index (Phi) is 10.3. The SMILES string of the molecule is CCC(CNC(=NC)NCC1CCCN1CC)c1ccccc1.I. The molecule has 1 aromatic rings. The van der Waals surface area contributed by atoms with Gasteiger partial charge >= 0.3 is 0 Å². The quantitative estimate of drug-likeness (QED) is 0.385. The molecule has 1 aliphatic rings. The molecule has 1 fully saturated rings. The van der Waals surface area contributed by atoms with Crippen molar-refractivity contribution in [1.29, 1.82) is 0 Å². The first-order chi connectivity index (χ1) is 11.3. The van der Waals surface area contributed by atoms with E-state index in [0.717, 1.165) is 32.0 Å². The Morgan fingerprint density at radius 1 is 1.25 bits per heavy atom. The number of hydrogen-bond donors (Lipinski definition) is 2. The van der Waals surface area contributed by atoms with Crippen LogP contribution in [-0.2, 0) is 0 Å². The molecule has 1 aliphatic heterocycles. The maximum absolute atomic E-state index is 4.38. The predicted molar refractivity (Wildman–Crippen MR) is 115 cm³/mol. The van der Waals surface area contributed by atoms with E-state index in [9.17, 15) is 0 Å². The summed E-state index contributed by atoms with van der Waals surface area (Å²) in [6, 6.07) is 11.4. The predicted octanol–water partition coefficient (Wildman–Crippen LogP) is 3.45. The van der Waals surface area contributed by atoms with E-state index in [4.69, 9.17) is 0 Å².